The second kappa shape index (κ2) is 6.57. The van der Waals surface area contributed by atoms with Crippen LogP contribution in [0.5, 0.6) is 0 Å². The van der Waals surface area contributed by atoms with E-state index in [2.05, 4.69) is 17.1 Å². The highest BCUT2D eigenvalue weighted by Gasteiger charge is 2.14. The van der Waals surface area contributed by atoms with Crippen LogP contribution in [-0.4, -0.2) is 57.5 Å². The number of sulfone groups is 1. The van der Waals surface area contributed by atoms with Crippen LogP contribution in [-0.2, 0) is 9.84 Å². The molecule has 0 aromatic carbocycles. The molecule has 0 spiro atoms. The summed E-state index contributed by atoms with van der Waals surface area (Å²) in [5, 5.41) is 3.38. The average Bonchev–Trinajstić information content (AvgIpc) is 2.63. The number of hydrogen-bond acceptors (Lipinski definition) is 4. The van der Waals surface area contributed by atoms with Crippen molar-refractivity contribution in [3.05, 3.63) is 0 Å². The van der Waals surface area contributed by atoms with Crippen LogP contribution in [0.15, 0.2) is 0 Å². The molecule has 0 radical (unpaired) electrons. The third-order valence-electron chi connectivity index (χ3n) is 2.92. The van der Waals surface area contributed by atoms with Gasteiger partial charge in [0.2, 0.25) is 0 Å². The Morgan fingerprint density at radius 2 is 1.94 bits per heavy atom. The first-order chi connectivity index (χ1) is 7.47. The lowest BCUT2D eigenvalue weighted by molar-refractivity contribution is 0.299. The minimum atomic E-state index is -2.79. The predicted molar refractivity (Wildman–Crippen MR) is 67.5 cm³/mol. The van der Waals surface area contributed by atoms with Crippen molar-refractivity contribution >= 4 is 9.84 Å². The molecular weight excluding hydrogens is 224 g/mol. The summed E-state index contributed by atoms with van der Waals surface area (Å²) in [4.78, 5) is 2.47. The molecule has 96 valence electrons. The van der Waals surface area contributed by atoms with Gasteiger partial charge in [-0.2, -0.15) is 0 Å². The zero-order chi connectivity index (χ0) is 12.0. The zero-order valence-electron chi connectivity index (χ0n) is 10.4. The lowest BCUT2D eigenvalue weighted by atomic mass is 10.3. The fraction of sp³-hybridized carbons (Fsp3) is 1.00. The van der Waals surface area contributed by atoms with Crippen molar-refractivity contribution in [2.45, 2.75) is 32.2 Å². The Kier molecular flexibility index (Phi) is 5.72. The first kappa shape index (κ1) is 13.9. The third kappa shape index (κ3) is 6.45. The third-order valence-corrected chi connectivity index (χ3v) is 3.95. The molecule has 1 unspecified atom stereocenters. The number of likely N-dealkylation sites (tertiary alicyclic amines) is 1. The molecule has 1 N–H and O–H groups in total. The van der Waals surface area contributed by atoms with Crippen molar-refractivity contribution in [2.75, 3.05) is 38.2 Å². The highest BCUT2D eigenvalue weighted by Crippen LogP contribution is 2.07. The van der Waals surface area contributed by atoms with Crippen LogP contribution < -0.4 is 5.32 Å². The number of nitrogens with zero attached hydrogens (tertiary/aromatic N) is 1. The van der Waals surface area contributed by atoms with Gasteiger partial charge in [0.05, 0.1) is 5.75 Å². The van der Waals surface area contributed by atoms with Crippen LogP contribution in [0.4, 0.5) is 0 Å². The zero-order valence-corrected chi connectivity index (χ0v) is 11.2. The van der Waals surface area contributed by atoms with Gasteiger partial charge in [-0.25, -0.2) is 8.42 Å². The van der Waals surface area contributed by atoms with E-state index in [1.807, 2.05) is 0 Å². The van der Waals surface area contributed by atoms with Crippen LogP contribution >= 0.6 is 0 Å². The van der Waals surface area contributed by atoms with Crippen LogP contribution in [0, 0.1) is 0 Å². The van der Waals surface area contributed by atoms with E-state index in [1.54, 1.807) is 0 Å². The van der Waals surface area contributed by atoms with Gasteiger partial charge in [-0.1, -0.05) is 0 Å². The standard InChI is InChI=1S/C11H24N2O2S/c1-11(10-13-7-3-4-8-13)12-6-5-9-16(2,14)15/h11-12H,3-10H2,1-2H3. The smallest absolute Gasteiger partial charge is 0.147 e. The second-order valence-electron chi connectivity index (χ2n) is 4.85. The van der Waals surface area contributed by atoms with Gasteiger partial charge in [0.1, 0.15) is 9.84 Å². The Labute approximate surface area is 99.3 Å². The molecule has 4 nitrogen and oxygen atoms in total. The first-order valence-corrected chi connectivity index (χ1v) is 8.17. The monoisotopic (exact) mass is 248 g/mol. The molecule has 16 heavy (non-hydrogen) atoms. The van der Waals surface area contributed by atoms with Gasteiger partial charge in [0.15, 0.2) is 0 Å². The van der Waals surface area contributed by atoms with E-state index in [-0.39, 0.29) is 5.75 Å². The topological polar surface area (TPSA) is 49.4 Å². The molecule has 0 saturated carbocycles. The molecule has 0 aliphatic carbocycles. The maximum absolute atomic E-state index is 10.9. The van der Waals surface area contributed by atoms with Crippen molar-refractivity contribution in [1.82, 2.24) is 10.2 Å². The summed E-state index contributed by atoms with van der Waals surface area (Å²) < 4.78 is 21.8. The SMILES string of the molecule is CC(CN1CCCC1)NCCCS(C)(=O)=O. The Hall–Kier alpha value is -0.130. The fourth-order valence-electron chi connectivity index (χ4n) is 2.10. The van der Waals surface area contributed by atoms with Gasteiger partial charge in [-0.05, 0) is 45.8 Å². The number of nitrogens with one attached hydrogen (secondary N) is 1. The fourth-order valence-corrected chi connectivity index (χ4v) is 2.77. The summed E-state index contributed by atoms with van der Waals surface area (Å²) in [7, 11) is -2.79. The van der Waals surface area contributed by atoms with E-state index in [9.17, 15) is 8.42 Å². The molecule has 0 aromatic heterocycles. The summed E-state index contributed by atoms with van der Waals surface area (Å²) in [5.41, 5.74) is 0. The van der Waals surface area contributed by atoms with Crippen molar-refractivity contribution < 1.29 is 8.42 Å². The normalized spacial score (nSPS) is 20.1. The van der Waals surface area contributed by atoms with Crippen LogP contribution in [0.2, 0.25) is 0 Å². The highest BCUT2D eigenvalue weighted by atomic mass is 32.2. The van der Waals surface area contributed by atoms with E-state index in [0.29, 0.717) is 12.5 Å². The molecule has 1 aliphatic rings. The minimum absolute atomic E-state index is 0.288. The molecule has 0 bridgehead atoms. The lowest BCUT2D eigenvalue weighted by Gasteiger charge is -2.21. The Morgan fingerprint density at radius 3 is 2.50 bits per heavy atom. The van der Waals surface area contributed by atoms with Gasteiger partial charge < -0.3 is 10.2 Å². The largest absolute Gasteiger partial charge is 0.313 e. The maximum Gasteiger partial charge on any atom is 0.147 e. The van der Waals surface area contributed by atoms with Crippen molar-refractivity contribution in [2.24, 2.45) is 0 Å². The molecule has 0 amide bonds. The Balaban J connectivity index is 2.03. The van der Waals surface area contributed by atoms with Crippen molar-refractivity contribution in [3.63, 3.8) is 0 Å². The van der Waals surface area contributed by atoms with Crippen molar-refractivity contribution in [1.29, 1.82) is 0 Å². The quantitative estimate of drug-likeness (QED) is 0.666. The van der Waals surface area contributed by atoms with Gasteiger partial charge in [0, 0.05) is 18.8 Å². The van der Waals surface area contributed by atoms with Gasteiger partial charge >= 0.3 is 0 Å². The van der Waals surface area contributed by atoms with E-state index in [4.69, 9.17) is 0 Å². The summed E-state index contributed by atoms with van der Waals surface area (Å²) in [6, 6.07) is 0.456. The molecule has 0 aromatic rings. The van der Waals surface area contributed by atoms with Gasteiger partial charge in [0.25, 0.3) is 0 Å². The molecule has 1 saturated heterocycles. The summed E-state index contributed by atoms with van der Waals surface area (Å²) in [5.74, 6) is 0.288. The van der Waals surface area contributed by atoms with E-state index >= 15 is 0 Å². The van der Waals surface area contributed by atoms with Crippen LogP contribution in [0.25, 0.3) is 0 Å². The first-order valence-electron chi connectivity index (χ1n) is 6.11. The molecule has 1 aliphatic heterocycles. The average molecular weight is 248 g/mol. The number of rotatable bonds is 7. The number of hydrogen-bond donors (Lipinski definition) is 1. The molecule has 1 heterocycles. The molecule has 5 heteroatoms. The molecule has 1 fully saturated rings. The Morgan fingerprint density at radius 1 is 1.31 bits per heavy atom. The highest BCUT2D eigenvalue weighted by molar-refractivity contribution is 7.90. The predicted octanol–water partition coefficient (Wildman–Crippen LogP) is 0.495. The second-order valence-corrected chi connectivity index (χ2v) is 7.11. The van der Waals surface area contributed by atoms with Gasteiger partial charge in [-0.15, -0.1) is 0 Å². The molecule has 1 atom stereocenters. The minimum Gasteiger partial charge on any atom is -0.313 e. The van der Waals surface area contributed by atoms with Crippen LogP contribution in [0.1, 0.15) is 26.2 Å². The van der Waals surface area contributed by atoms with E-state index in [1.165, 1.54) is 32.2 Å². The summed E-state index contributed by atoms with van der Waals surface area (Å²) in [6.45, 7) is 6.48. The van der Waals surface area contributed by atoms with E-state index < -0.39 is 9.84 Å². The lowest BCUT2D eigenvalue weighted by Crippen LogP contribution is -2.38. The summed E-state index contributed by atoms with van der Waals surface area (Å²) >= 11 is 0. The van der Waals surface area contributed by atoms with Crippen LogP contribution in [0.3, 0.4) is 0 Å². The van der Waals surface area contributed by atoms with Gasteiger partial charge in [-0.3, -0.25) is 0 Å². The molecule has 1 rings (SSSR count). The summed E-state index contributed by atoms with van der Waals surface area (Å²) in [6.07, 6.45) is 4.64. The Bertz CT molecular complexity index is 284. The molecular formula is C11H24N2O2S. The van der Waals surface area contributed by atoms with Crippen molar-refractivity contribution in [3.8, 4) is 0 Å². The van der Waals surface area contributed by atoms with E-state index in [0.717, 1.165) is 13.1 Å². The maximum atomic E-state index is 10.9.